The van der Waals surface area contributed by atoms with Crippen molar-refractivity contribution >= 4 is 0 Å². The van der Waals surface area contributed by atoms with Crippen LogP contribution in [0, 0.1) is 20.8 Å². The maximum Gasteiger partial charge on any atom is 0.137 e. The molecule has 0 radical (unpaired) electrons. The molecule has 1 aliphatic rings. The minimum atomic E-state index is 0.997. The van der Waals surface area contributed by atoms with Crippen LogP contribution in [-0.4, -0.2) is 58.6 Å². The van der Waals surface area contributed by atoms with Crippen LogP contribution in [0.25, 0.3) is 17.1 Å². The molecular formula is C32H38N4. The van der Waals surface area contributed by atoms with Crippen molar-refractivity contribution in [1.29, 1.82) is 0 Å². The number of rotatable bonds is 8. The first-order valence-corrected chi connectivity index (χ1v) is 13.3. The average molecular weight is 479 g/mol. The quantitative estimate of drug-likeness (QED) is 0.317. The van der Waals surface area contributed by atoms with Gasteiger partial charge in [0.15, 0.2) is 0 Å². The molecule has 2 aromatic carbocycles. The van der Waals surface area contributed by atoms with Crippen LogP contribution in [0.3, 0.4) is 0 Å². The molecule has 3 heterocycles. The lowest BCUT2D eigenvalue weighted by atomic mass is 10.0. The minimum absolute atomic E-state index is 0.997. The highest BCUT2D eigenvalue weighted by Gasteiger charge is 2.16. The summed E-state index contributed by atoms with van der Waals surface area (Å²) in [5.41, 5.74) is 8.71. The van der Waals surface area contributed by atoms with Gasteiger partial charge in [-0.25, -0.2) is 4.98 Å². The van der Waals surface area contributed by atoms with Crippen LogP contribution < -0.4 is 0 Å². The highest BCUT2D eigenvalue weighted by Crippen LogP contribution is 2.23. The van der Waals surface area contributed by atoms with Crippen molar-refractivity contribution < 1.29 is 0 Å². The summed E-state index contributed by atoms with van der Waals surface area (Å²) in [5.74, 6) is 0.997. The van der Waals surface area contributed by atoms with Gasteiger partial charge in [-0.2, -0.15) is 0 Å². The summed E-state index contributed by atoms with van der Waals surface area (Å²) in [6.07, 6.45) is 2.24. The Labute approximate surface area is 216 Å². The third-order valence-corrected chi connectivity index (χ3v) is 7.45. The first-order chi connectivity index (χ1) is 17.5. The number of benzene rings is 2. The first-order valence-electron chi connectivity index (χ1n) is 13.3. The fourth-order valence-electron chi connectivity index (χ4n) is 5.24. The Morgan fingerprint density at radius 2 is 1.19 bits per heavy atom. The van der Waals surface area contributed by atoms with Crippen molar-refractivity contribution in [2.75, 3.05) is 39.3 Å². The number of aryl methyl sites for hydroxylation is 3. The number of hydrogen-bond donors (Lipinski definition) is 0. The molecule has 4 aromatic rings. The molecule has 0 saturated carbocycles. The van der Waals surface area contributed by atoms with Crippen LogP contribution >= 0.6 is 0 Å². The molecule has 0 unspecified atom stereocenters. The maximum atomic E-state index is 5.01. The monoisotopic (exact) mass is 478 g/mol. The van der Waals surface area contributed by atoms with E-state index < -0.39 is 0 Å². The molecule has 2 aromatic heterocycles. The number of piperazine rings is 1. The third-order valence-electron chi connectivity index (χ3n) is 7.45. The van der Waals surface area contributed by atoms with Crippen molar-refractivity contribution in [1.82, 2.24) is 19.4 Å². The molecule has 0 amide bonds. The van der Waals surface area contributed by atoms with Gasteiger partial charge < -0.3 is 14.4 Å². The van der Waals surface area contributed by atoms with Crippen LogP contribution in [-0.2, 0) is 12.8 Å². The predicted molar refractivity (Wildman–Crippen MR) is 150 cm³/mol. The van der Waals surface area contributed by atoms with Gasteiger partial charge >= 0.3 is 0 Å². The lowest BCUT2D eigenvalue weighted by Crippen LogP contribution is -2.47. The average Bonchev–Trinajstić information content (AvgIpc) is 3.25. The third kappa shape index (κ3) is 5.95. The van der Waals surface area contributed by atoms with Gasteiger partial charge in [0.1, 0.15) is 5.82 Å². The second-order valence-corrected chi connectivity index (χ2v) is 10.2. The number of nitrogens with zero attached hydrogens (tertiary/aromatic N) is 4. The standard InChI is InChI=1S/C32H38N4/c1-25-23-31(33-32(24-25)36-26(2)9-10-27(36)3)30-13-11-29(12-14-30)16-18-35-21-19-34(20-22-35)17-15-28-7-5-4-6-8-28/h4-14,23-24H,15-22H2,1-3H3. The Morgan fingerprint density at radius 3 is 1.78 bits per heavy atom. The van der Waals surface area contributed by atoms with Crippen molar-refractivity contribution in [2.45, 2.75) is 33.6 Å². The highest BCUT2D eigenvalue weighted by atomic mass is 15.3. The van der Waals surface area contributed by atoms with Gasteiger partial charge in [0.2, 0.25) is 0 Å². The lowest BCUT2D eigenvalue weighted by molar-refractivity contribution is 0.134. The highest BCUT2D eigenvalue weighted by molar-refractivity contribution is 5.62. The number of pyridine rings is 1. The van der Waals surface area contributed by atoms with E-state index in [2.05, 4.69) is 114 Å². The van der Waals surface area contributed by atoms with Gasteiger partial charge in [0.25, 0.3) is 0 Å². The molecule has 1 aliphatic heterocycles. The fraction of sp³-hybridized carbons (Fsp3) is 0.344. The SMILES string of the molecule is Cc1cc(-c2ccc(CCN3CCN(CCc4ccccc4)CC3)cc2)nc(-n2c(C)ccc2C)c1. The Hall–Kier alpha value is -3.21. The summed E-state index contributed by atoms with van der Waals surface area (Å²) in [7, 11) is 0. The molecule has 4 heteroatoms. The van der Waals surface area contributed by atoms with Gasteiger partial charge in [-0.15, -0.1) is 0 Å². The lowest BCUT2D eigenvalue weighted by Gasteiger charge is -2.34. The summed E-state index contributed by atoms with van der Waals surface area (Å²) in [6.45, 7) is 13.4. The molecule has 0 N–H and O–H groups in total. The molecule has 0 bridgehead atoms. The Kier molecular flexibility index (Phi) is 7.64. The largest absolute Gasteiger partial charge is 0.303 e. The van der Waals surface area contributed by atoms with E-state index in [9.17, 15) is 0 Å². The molecular weight excluding hydrogens is 440 g/mol. The van der Waals surface area contributed by atoms with Crippen LogP contribution in [0.5, 0.6) is 0 Å². The predicted octanol–water partition coefficient (Wildman–Crippen LogP) is 5.87. The molecule has 5 rings (SSSR count). The summed E-state index contributed by atoms with van der Waals surface area (Å²) in [5, 5.41) is 0. The Bertz CT molecular complexity index is 1250. The summed E-state index contributed by atoms with van der Waals surface area (Å²) in [6, 6.07) is 28.5. The second kappa shape index (κ2) is 11.2. The van der Waals surface area contributed by atoms with E-state index in [-0.39, 0.29) is 0 Å². The van der Waals surface area contributed by atoms with Crippen LogP contribution in [0.4, 0.5) is 0 Å². The number of hydrogen-bond acceptors (Lipinski definition) is 3. The molecule has 36 heavy (non-hydrogen) atoms. The van der Waals surface area contributed by atoms with Crippen LogP contribution in [0.15, 0.2) is 78.9 Å². The van der Waals surface area contributed by atoms with Gasteiger partial charge in [-0.1, -0.05) is 54.6 Å². The zero-order valence-corrected chi connectivity index (χ0v) is 22.0. The molecule has 0 spiro atoms. The van der Waals surface area contributed by atoms with E-state index in [1.54, 1.807) is 0 Å². The molecule has 186 valence electrons. The van der Waals surface area contributed by atoms with E-state index in [1.165, 1.54) is 59.8 Å². The van der Waals surface area contributed by atoms with E-state index in [1.807, 2.05) is 0 Å². The van der Waals surface area contributed by atoms with Crippen LogP contribution in [0.1, 0.15) is 28.1 Å². The summed E-state index contributed by atoms with van der Waals surface area (Å²) in [4.78, 5) is 10.2. The minimum Gasteiger partial charge on any atom is -0.303 e. The molecule has 0 aliphatic carbocycles. The zero-order valence-electron chi connectivity index (χ0n) is 22.0. The topological polar surface area (TPSA) is 24.3 Å². The van der Waals surface area contributed by atoms with E-state index in [0.29, 0.717) is 0 Å². The van der Waals surface area contributed by atoms with Crippen LogP contribution in [0.2, 0.25) is 0 Å². The second-order valence-electron chi connectivity index (χ2n) is 10.2. The zero-order chi connectivity index (χ0) is 24.9. The van der Waals surface area contributed by atoms with Crippen molar-refractivity contribution in [3.63, 3.8) is 0 Å². The Balaban J connectivity index is 1.14. The molecule has 0 atom stereocenters. The van der Waals surface area contributed by atoms with Gasteiger partial charge in [0.05, 0.1) is 5.69 Å². The Morgan fingerprint density at radius 1 is 0.639 bits per heavy atom. The molecule has 1 fully saturated rings. The van der Waals surface area contributed by atoms with Crippen molar-refractivity contribution in [3.8, 4) is 17.1 Å². The molecule has 4 nitrogen and oxygen atoms in total. The van der Waals surface area contributed by atoms with Gasteiger partial charge in [-0.3, -0.25) is 0 Å². The van der Waals surface area contributed by atoms with E-state index >= 15 is 0 Å². The summed E-state index contributed by atoms with van der Waals surface area (Å²) < 4.78 is 2.23. The smallest absolute Gasteiger partial charge is 0.137 e. The van der Waals surface area contributed by atoms with E-state index in [0.717, 1.165) is 37.4 Å². The van der Waals surface area contributed by atoms with Crippen molar-refractivity contribution in [2.24, 2.45) is 0 Å². The van der Waals surface area contributed by atoms with Gasteiger partial charge in [-0.05, 0) is 74.6 Å². The summed E-state index contributed by atoms with van der Waals surface area (Å²) >= 11 is 0. The van der Waals surface area contributed by atoms with Crippen molar-refractivity contribution in [3.05, 3.63) is 107 Å². The number of aromatic nitrogens is 2. The maximum absolute atomic E-state index is 5.01. The fourth-order valence-corrected chi connectivity index (χ4v) is 5.24. The van der Waals surface area contributed by atoms with Gasteiger partial charge in [0, 0.05) is 56.2 Å². The molecule has 1 saturated heterocycles. The normalized spacial score (nSPS) is 14.9. The first kappa shape index (κ1) is 24.5. The van der Waals surface area contributed by atoms with E-state index in [4.69, 9.17) is 4.98 Å².